The minimum absolute atomic E-state index is 0. The van der Waals surface area contributed by atoms with Gasteiger partial charge in [-0.05, 0) is 41.3 Å². The molecule has 0 amide bonds. The Morgan fingerprint density at radius 3 is 1.93 bits per heavy atom. The summed E-state index contributed by atoms with van der Waals surface area (Å²) in [5.41, 5.74) is 1.23. The second-order valence-electron chi connectivity index (χ2n) is 7.54. The maximum Gasteiger partial charge on any atom is 1.00 e. The van der Waals surface area contributed by atoms with Gasteiger partial charge in [0, 0.05) is 0 Å². The molecule has 0 aliphatic carbocycles. The topological polar surface area (TPSA) is 57.2 Å². The fraction of sp³-hybridized carbons (Fsp3) is 0.565. The van der Waals surface area contributed by atoms with Gasteiger partial charge in [0.05, 0.1) is 4.90 Å². The Morgan fingerprint density at radius 2 is 1.36 bits per heavy atom. The molecule has 0 spiro atoms. The van der Waals surface area contributed by atoms with Crippen molar-refractivity contribution in [2.75, 3.05) is 0 Å². The van der Waals surface area contributed by atoms with Crippen molar-refractivity contribution in [2.45, 2.75) is 88.9 Å². The zero-order chi connectivity index (χ0) is 19.5. The van der Waals surface area contributed by atoms with Crippen LogP contribution in [0.2, 0.25) is 0 Å². The molecule has 0 heterocycles. The molecular formula is C23H33NaO3S. The van der Waals surface area contributed by atoms with Gasteiger partial charge in [0.2, 0.25) is 0 Å². The molecule has 2 aromatic carbocycles. The van der Waals surface area contributed by atoms with Gasteiger partial charge in [-0.3, -0.25) is 0 Å². The Hall–Kier alpha value is -0.390. The molecule has 2 rings (SSSR count). The molecule has 0 saturated carbocycles. The van der Waals surface area contributed by atoms with Crippen molar-refractivity contribution in [3.63, 3.8) is 0 Å². The summed E-state index contributed by atoms with van der Waals surface area (Å²) in [5.74, 6) is 0. The number of benzene rings is 2. The number of hydrogen-bond acceptors (Lipinski definition) is 3. The SMILES string of the molecule is CCCCCCCCCCCCCc1cccc2cc(S(=O)(=O)[O-])ccc12.[Na+]. The van der Waals surface area contributed by atoms with Crippen molar-refractivity contribution in [1.29, 1.82) is 0 Å². The first-order valence-corrected chi connectivity index (χ1v) is 11.9. The van der Waals surface area contributed by atoms with Crippen LogP contribution in [-0.4, -0.2) is 13.0 Å². The maximum absolute atomic E-state index is 11.2. The predicted molar refractivity (Wildman–Crippen MR) is 112 cm³/mol. The summed E-state index contributed by atoms with van der Waals surface area (Å²) in [6.45, 7) is 2.26. The van der Waals surface area contributed by atoms with Gasteiger partial charge in [0.1, 0.15) is 10.1 Å². The van der Waals surface area contributed by atoms with E-state index in [0.29, 0.717) is 0 Å². The third-order valence-electron chi connectivity index (χ3n) is 5.28. The molecule has 0 aromatic heterocycles. The van der Waals surface area contributed by atoms with E-state index >= 15 is 0 Å². The van der Waals surface area contributed by atoms with Crippen molar-refractivity contribution >= 4 is 20.9 Å². The summed E-state index contributed by atoms with van der Waals surface area (Å²) < 4.78 is 33.6. The molecule has 150 valence electrons. The van der Waals surface area contributed by atoms with E-state index in [-0.39, 0.29) is 34.5 Å². The summed E-state index contributed by atoms with van der Waals surface area (Å²) in [5, 5.41) is 1.88. The standard InChI is InChI=1S/C23H34O3S.Na/c1-2-3-4-5-6-7-8-9-10-11-12-14-20-15-13-16-21-19-22(27(24,25)26)17-18-23(20)21;/h13,15-19H,2-12,14H2,1H3,(H,24,25,26);/q;+1/p-1. The Morgan fingerprint density at radius 1 is 0.786 bits per heavy atom. The molecule has 0 aliphatic heterocycles. The van der Waals surface area contributed by atoms with E-state index < -0.39 is 10.1 Å². The first-order valence-electron chi connectivity index (χ1n) is 10.5. The van der Waals surface area contributed by atoms with Crippen LogP contribution in [0.25, 0.3) is 10.8 Å². The summed E-state index contributed by atoms with van der Waals surface area (Å²) in [7, 11) is -4.40. The second-order valence-corrected chi connectivity index (χ2v) is 8.92. The van der Waals surface area contributed by atoms with E-state index in [1.807, 2.05) is 12.1 Å². The van der Waals surface area contributed by atoms with Crippen molar-refractivity contribution < 1.29 is 42.5 Å². The summed E-state index contributed by atoms with van der Waals surface area (Å²) >= 11 is 0. The third-order valence-corrected chi connectivity index (χ3v) is 6.11. The molecule has 3 nitrogen and oxygen atoms in total. The quantitative estimate of drug-likeness (QED) is 0.287. The van der Waals surface area contributed by atoms with E-state index in [9.17, 15) is 13.0 Å². The van der Waals surface area contributed by atoms with Crippen LogP contribution in [0.3, 0.4) is 0 Å². The number of rotatable bonds is 13. The van der Waals surface area contributed by atoms with Crippen molar-refractivity contribution in [2.24, 2.45) is 0 Å². The van der Waals surface area contributed by atoms with E-state index in [1.54, 1.807) is 6.07 Å². The molecule has 28 heavy (non-hydrogen) atoms. The number of unbranched alkanes of at least 4 members (excludes halogenated alkanes) is 10. The normalized spacial score (nSPS) is 11.5. The first kappa shape index (κ1) is 25.6. The fourth-order valence-corrected chi connectivity index (χ4v) is 4.19. The van der Waals surface area contributed by atoms with E-state index in [2.05, 4.69) is 13.0 Å². The molecule has 5 heteroatoms. The van der Waals surface area contributed by atoms with E-state index in [4.69, 9.17) is 0 Å². The zero-order valence-corrected chi connectivity index (χ0v) is 20.4. The van der Waals surface area contributed by atoms with Gasteiger partial charge in [-0.15, -0.1) is 0 Å². The number of fused-ring (bicyclic) bond motifs is 1. The Balaban J connectivity index is 0.00000392. The Kier molecular flexibility index (Phi) is 12.6. The summed E-state index contributed by atoms with van der Waals surface area (Å²) in [6, 6.07) is 10.6. The second kappa shape index (κ2) is 13.8. The average molecular weight is 413 g/mol. The van der Waals surface area contributed by atoms with Gasteiger partial charge in [-0.1, -0.05) is 95.4 Å². The molecule has 0 saturated heterocycles. The van der Waals surface area contributed by atoms with Gasteiger partial charge in [0.15, 0.2) is 0 Å². The largest absolute Gasteiger partial charge is 1.00 e. The van der Waals surface area contributed by atoms with Gasteiger partial charge in [0.25, 0.3) is 0 Å². The van der Waals surface area contributed by atoms with E-state index in [1.165, 1.54) is 81.9 Å². The molecule has 0 unspecified atom stereocenters. The van der Waals surface area contributed by atoms with Gasteiger partial charge >= 0.3 is 29.6 Å². The predicted octanol–water partition coefficient (Wildman–Crippen LogP) is 3.60. The van der Waals surface area contributed by atoms with Crippen LogP contribution in [0.15, 0.2) is 41.3 Å². The number of hydrogen-bond donors (Lipinski definition) is 0. The zero-order valence-electron chi connectivity index (χ0n) is 17.6. The van der Waals surface area contributed by atoms with Gasteiger partial charge in [-0.25, -0.2) is 8.42 Å². The molecule has 0 radical (unpaired) electrons. The summed E-state index contributed by atoms with van der Waals surface area (Å²) in [4.78, 5) is -0.151. The Bertz CT molecular complexity index is 803. The van der Waals surface area contributed by atoms with Crippen LogP contribution in [0.5, 0.6) is 0 Å². The molecule has 0 N–H and O–H groups in total. The van der Waals surface area contributed by atoms with Crippen LogP contribution in [0, 0.1) is 0 Å². The average Bonchev–Trinajstić information content (AvgIpc) is 2.65. The molecule has 0 atom stereocenters. The van der Waals surface area contributed by atoms with Gasteiger partial charge < -0.3 is 4.55 Å². The molecule has 2 aromatic rings. The molecule has 0 fully saturated rings. The minimum atomic E-state index is -4.40. The van der Waals surface area contributed by atoms with Crippen LogP contribution >= 0.6 is 0 Å². The molecule has 0 aliphatic rings. The maximum atomic E-state index is 11.2. The third kappa shape index (κ3) is 8.96. The van der Waals surface area contributed by atoms with Crippen molar-refractivity contribution in [1.82, 2.24) is 0 Å². The molecule has 0 bridgehead atoms. The summed E-state index contributed by atoms with van der Waals surface area (Å²) in [6.07, 6.45) is 15.6. The number of aryl methyl sites for hydroxylation is 1. The van der Waals surface area contributed by atoms with Crippen LogP contribution < -0.4 is 29.6 Å². The monoisotopic (exact) mass is 412 g/mol. The molecular weight excluding hydrogens is 379 g/mol. The van der Waals surface area contributed by atoms with Gasteiger partial charge in [-0.2, -0.15) is 0 Å². The minimum Gasteiger partial charge on any atom is -0.744 e. The first-order chi connectivity index (χ1) is 13.0. The van der Waals surface area contributed by atoms with Crippen LogP contribution in [-0.2, 0) is 16.5 Å². The van der Waals surface area contributed by atoms with Crippen LogP contribution in [0.4, 0.5) is 0 Å². The van der Waals surface area contributed by atoms with Crippen molar-refractivity contribution in [3.8, 4) is 0 Å². The van der Waals surface area contributed by atoms with E-state index in [0.717, 1.165) is 23.6 Å². The smallest absolute Gasteiger partial charge is 0.744 e. The Labute approximate surface area is 193 Å². The van der Waals surface area contributed by atoms with Crippen LogP contribution in [0.1, 0.15) is 83.1 Å². The van der Waals surface area contributed by atoms with Crippen molar-refractivity contribution in [3.05, 3.63) is 42.0 Å². The fourth-order valence-electron chi connectivity index (χ4n) is 3.68.